The van der Waals surface area contributed by atoms with Crippen molar-refractivity contribution in [1.29, 1.82) is 0 Å². The summed E-state index contributed by atoms with van der Waals surface area (Å²) in [6.07, 6.45) is 2.95. The summed E-state index contributed by atoms with van der Waals surface area (Å²) in [4.78, 5) is 33.4. The van der Waals surface area contributed by atoms with Crippen LogP contribution in [0.1, 0.15) is 38.2 Å². The third-order valence-corrected chi connectivity index (χ3v) is 7.38. The zero-order chi connectivity index (χ0) is 25.2. The molecule has 0 spiro atoms. The third-order valence-electron chi connectivity index (χ3n) is 7.06. The summed E-state index contributed by atoms with van der Waals surface area (Å²) in [6, 6.07) is 12.3. The standard InChI is InChI=1S/C27H32N4O4S/c1-18-7-6-8-20(13-18)30-12-11-29(16-19(30)2)25(32)9-4-3-5-10-31-26(33)21-14-23-24(35-17-34-23)15-22(21)28-27(31)36/h6-8,13-15,19H,3-5,9-12,16-17H2,1-2H3,(H,28,36)/t19-/m0/s1. The first-order valence-corrected chi connectivity index (χ1v) is 13.0. The van der Waals surface area contributed by atoms with Crippen LogP contribution in [-0.4, -0.2) is 52.8 Å². The van der Waals surface area contributed by atoms with Crippen LogP contribution in [0.5, 0.6) is 11.5 Å². The highest BCUT2D eigenvalue weighted by atomic mass is 32.1. The van der Waals surface area contributed by atoms with Gasteiger partial charge in [0.05, 0.1) is 10.9 Å². The predicted molar refractivity (Wildman–Crippen MR) is 143 cm³/mol. The van der Waals surface area contributed by atoms with E-state index in [0.717, 1.165) is 38.9 Å². The van der Waals surface area contributed by atoms with E-state index < -0.39 is 0 Å². The largest absolute Gasteiger partial charge is 0.454 e. The van der Waals surface area contributed by atoms with Gasteiger partial charge >= 0.3 is 0 Å². The van der Waals surface area contributed by atoms with Gasteiger partial charge in [0.15, 0.2) is 16.3 Å². The van der Waals surface area contributed by atoms with E-state index >= 15 is 0 Å². The van der Waals surface area contributed by atoms with Crippen molar-refractivity contribution in [2.45, 2.75) is 52.1 Å². The van der Waals surface area contributed by atoms with Gasteiger partial charge in [-0.3, -0.25) is 14.2 Å². The van der Waals surface area contributed by atoms with E-state index in [4.69, 9.17) is 21.7 Å². The lowest BCUT2D eigenvalue weighted by Crippen LogP contribution is -2.53. The molecule has 0 unspecified atom stereocenters. The number of amides is 1. The first-order valence-electron chi connectivity index (χ1n) is 12.6. The smallest absolute Gasteiger partial charge is 0.262 e. The van der Waals surface area contributed by atoms with Gasteiger partial charge in [-0.2, -0.15) is 0 Å². The number of ether oxygens (including phenoxy) is 2. The minimum atomic E-state index is -0.136. The van der Waals surface area contributed by atoms with Crippen molar-refractivity contribution >= 4 is 34.7 Å². The maximum atomic E-state index is 13.0. The average Bonchev–Trinajstić information content (AvgIpc) is 3.32. The number of hydrogen-bond donors (Lipinski definition) is 1. The lowest BCUT2D eigenvalue weighted by atomic mass is 10.1. The second-order valence-electron chi connectivity index (χ2n) is 9.67. The lowest BCUT2D eigenvalue weighted by Gasteiger charge is -2.41. The predicted octanol–water partition coefficient (Wildman–Crippen LogP) is 4.39. The molecule has 3 aromatic rings. The van der Waals surface area contributed by atoms with E-state index in [1.165, 1.54) is 11.3 Å². The molecule has 1 fully saturated rings. The summed E-state index contributed by atoms with van der Waals surface area (Å²) >= 11 is 5.43. The molecule has 5 rings (SSSR count). The fourth-order valence-corrected chi connectivity index (χ4v) is 5.39. The number of benzene rings is 2. The normalized spacial score (nSPS) is 17.1. The number of nitrogens with zero attached hydrogens (tertiary/aromatic N) is 3. The Bertz CT molecular complexity index is 1400. The monoisotopic (exact) mass is 508 g/mol. The number of nitrogens with one attached hydrogen (secondary N) is 1. The van der Waals surface area contributed by atoms with Gasteiger partial charge in [-0.1, -0.05) is 18.6 Å². The van der Waals surface area contributed by atoms with Crippen LogP contribution in [0, 0.1) is 11.7 Å². The summed E-state index contributed by atoms with van der Waals surface area (Å²) in [5.74, 6) is 1.40. The minimum absolute atomic E-state index is 0.136. The van der Waals surface area contributed by atoms with E-state index in [2.05, 4.69) is 48.0 Å². The molecule has 0 radical (unpaired) electrons. The molecule has 1 aromatic heterocycles. The number of rotatable bonds is 7. The van der Waals surface area contributed by atoms with Crippen molar-refractivity contribution in [3.05, 3.63) is 57.1 Å². The molecule has 0 aliphatic carbocycles. The molecule has 2 aliphatic rings. The number of H-pyrrole nitrogens is 1. The molecule has 2 aliphatic heterocycles. The van der Waals surface area contributed by atoms with Crippen LogP contribution in [0.25, 0.3) is 10.9 Å². The molecule has 1 atom stereocenters. The van der Waals surface area contributed by atoms with E-state index in [1.54, 1.807) is 16.7 Å². The Hall–Kier alpha value is -3.33. The van der Waals surface area contributed by atoms with Gasteiger partial charge in [-0.25, -0.2) is 0 Å². The first kappa shape index (κ1) is 24.4. The molecule has 190 valence electrons. The van der Waals surface area contributed by atoms with Crippen LogP contribution in [-0.2, 0) is 11.3 Å². The summed E-state index contributed by atoms with van der Waals surface area (Å²) in [5, 5.41) is 0.530. The molecule has 0 bridgehead atoms. The van der Waals surface area contributed by atoms with E-state index in [0.29, 0.717) is 40.1 Å². The quantitative estimate of drug-likeness (QED) is 0.377. The molecular formula is C27H32N4O4S. The summed E-state index contributed by atoms with van der Waals surface area (Å²) in [6.45, 7) is 7.29. The van der Waals surface area contributed by atoms with Crippen LogP contribution in [0.3, 0.4) is 0 Å². The number of unbranched alkanes of at least 4 members (excludes halogenated alkanes) is 2. The number of hydrogen-bond acceptors (Lipinski definition) is 6. The van der Waals surface area contributed by atoms with Crippen LogP contribution in [0.4, 0.5) is 5.69 Å². The van der Waals surface area contributed by atoms with Crippen LogP contribution in [0.2, 0.25) is 0 Å². The second kappa shape index (κ2) is 10.3. The first-order chi connectivity index (χ1) is 17.4. The molecule has 36 heavy (non-hydrogen) atoms. The van der Waals surface area contributed by atoms with Crippen LogP contribution in [0.15, 0.2) is 41.2 Å². The minimum Gasteiger partial charge on any atom is -0.454 e. The summed E-state index contributed by atoms with van der Waals surface area (Å²) in [5.41, 5.74) is 2.98. The van der Waals surface area contributed by atoms with E-state index in [1.807, 2.05) is 4.90 Å². The van der Waals surface area contributed by atoms with Crippen molar-refractivity contribution in [3.63, 3.8) is 0 Å². The van der Waals surface area contributed by atoms with Gasteiger partial charge in [-0.05, 0) is 62.7 Å². The van der Waals surface area contributed by atoms with Gasteiger partial charge in [-0.15, -0.1) is 0 Å². The Balaban J connectivity index is 1.11. The van der Waals surface area contributed by atoms with Crippen molar-refractivity contribution < 1.29 is 14.3 Å². The molecule has 9 heteroatoms. The number of piperazine rings is 1. The Labute approximate surface area is 215 Å². The van der Waals surface area contributed by atoms with E-state index in [9.17, 15) is 9.59 Å². The average molecular weight is 509 g/mol. The van der Waals surface area contributed by atoms with Gasteiger partial charge in [0, 0.05) is 50.4 Å². The maximum Gasteiger partial charge on any atom is 0.262 e. The summed E-state index contributed by atoms with van der Waals surface area (Å²) < 4.78 is 12.8. The van der Waals surface area contributed by atoms with Crippen molar-refractivity contribution in [2.24, 2.45) is 0 Å². The zero-order valence-electron chi connectivity index (χ0n) is 20.8. The van der Waals surface area contributed by atoms with Gasteiger partial charge in [0.25, 0.3) is 5.56 Å². The number of aryl methyl sites for hydroxylation is 1. The van der Waals surface area contributed by atoms with Crippen LogP contribution >= 0.6 is 12.2 Å². The molecule has 0 saturated carbocycles. The highest BCUT2D eigenvalue weighted by Gasteiger charge is 2.26. The number of aromatic amines is 1. The van der Waals surface area contributed by atoms with Crippen molar-refractivity contribution in [1.82, 2.24) is 14.5 Å². The van der Waals surface area contributed by atoms with Crippen LogP contribution < -0.4 is 19.9 Å². The molecule has 2 aromatic carbocycles. The Morgan fingerprint density at radius 3 is 2.69 bits per heavy atom. The Morgan fingerprint density at radius 2 is 1.92 bits per heavy atom. The molecule has 1 amide bonds. The van der Waals surface area contributed by atoms with Crippen molar-refractivity contribution in [2.75, 3.05) is 31.3 Å². The summed E-state index contributed by atoms with van der Waals surface area (Å²) in [7, 11) is 0. The molecule has 3 heterocycles. The number of fused-ring (bicyclic) bond motifs is 2. The topological polar surface area (TPSA) is 79.8 Å². The number of aromatic nitrogens is 2. The van der Waals surface area contributed by atoms with E-state index in [-0.39, 0.29) is 24.3 Å². The highest BCUT2D eigenvalue weighted by Crippen LogP contribution is 2.34. The van der Waals surface area contributed by atoms with Gasteiger partial charge in [0.1, 0.15) is 0 Å². The fourth-order valence-electron chi connectivity index (χ4n) is 5.10. The highest BCUT2D eigenvalue weighted by molar-refractivity contribution is 7.71. The Kier molecular flexibility index (Phi) is 7.00. The van der Waals surface area contributed by atoms with Gasteiger partial charge in [0.2, 0.25) is 12.7 Å². The molecule has 1 saturated heterocycles. The molecule has 8 nitrogen and oxygen atoms in total. The number of anilines is 1. The third kappa shape index (κ3) is 4.97. The number of carbonyl (C=O) groups is 1. The lowest BCUT2D eigenvalue weighted by molar-refractivity contribution is -0.132. The second-order valence-corrected chi connectivity index (χ2v) is 10.1. The fraction of sp³-hybridized carbons (Fsp3) is 0.444. The SMILES string of the molecule is Cc1cccc(N2CCN(C(=O)CCCCCn3c(=S)[nH]c4cc5c(cc4c3=O)OCO5)C[C@@H]2C)c1. The van der Waals surface area contributed by atoms with Gasteiger partial charge < -0.3 is 24.3 Å². The molecular weight excluding hydrogens is 476 g/mol. The molecule has 1 N–H and O–H groups in total. The maximum absolute atomic E-state index is 13.0. The Morgan fingerprint density at radius 1 is 1.11 bits per heavy atom. The zero-order valence-corrected chi connectivity index (χ0v) is 21.6. The number of carbonyl (C=O) groups excluding carboxylic acids is 1. The van der Waals surface area contributed by atoms with Crippen molar-refractivity contribution in [3.8, 4) is 11.5 Å².